The van der Waals surface area contributed by atoms with Gasteiger partial charge in [-0.3, -0.25) is 4.57 Å². The van der Waals surface area contributed by atoms with Crippen molar-refractivity contribution in [2.24, 2.45) is 0 Å². The minimum absolute atomic E-state index is 0.0153. The molecule has 0 radical (unpaired) electrons. The van der Waals surface area contributed by atoms with E-state index in [2.05, 4.69) is 9.84 Å². The van der Waals surface area contributed by atoms with Gasteiger partial charge in [-0.05, 0) is 85.4 Å². The minimum Gasteiger partial charge on any atom is -0.326 e. The number of benzene rings is 2. The molecule has 0 saturated heterocycles. The maximum absolute atomic E-state index is 14.5. The average molecular weight is 594 g/mol. The number of hydrogen-bond acceptors (Lipinski definition) is 3. The molecule has 0 bridgehead atoms. The van der Waals surface area contributed by atoms with Crippen molar-refractivity contribution in [2.75, 3.05) is 13.2 Å². The third kappa shape index (κ3) is 9.07. The fraction of sp³-hybridized carbons (Fsp3) is 0.586. The molecule has 2 aromatic rings. The van der Waals surface area contributed by atoms with Crippen LogP contribution in [0.4, 0.5) is 26.3 Å². The predicted molar refractivity (Wildman–Crippen MR) is 143 cm³/mol. The zero-order valence-electron chi connectivity index (χ0n) is 22.5. The summed E-state index contributed by atoms with van der Waals surface area (Å²) < 4.78 is 97.6. The summed E-state index contributed by atoms with van der Waals surface area (Å²) in [6.07, 6.45) is 2.96. The van der Waals surface area contributed by atoms with Crippen molar-refractivity contribution in [2.45, 2.75) is 94.7 Å². The van der Waals surface area contributed by atoms with Gasteiger partial charge in [-0.2, -0.15) is 22.0 Å². The second kappa shape index (κ2) is 14.9. The van der Waals surface area contributed by atoms with Crippen molar-refractivity contribution < 1.29 is 40.3 Å². The molecule has 1 unspecified atom stereocenters. The third-order valence-electron chi connectivity index (χ3n) is 7.79. The van der Waals surface area contributed by atoms with Gasteiger partial charge in [0.1, 0.15) is 5.82 Å². The summed E-state index contributed by atoms with van der Waals surface area (Å²) in [5.74, 6) is -5.26. The largest absolute Gasteiger partial charge is 0.458 e. The first-order chi connectivity index (χ1) is 18.9. The van der Waals surface area contributed by atoms with Gasteiger partial charge in [-0.15, -0.1) is 0 Å². The molecule has 1 fully saturated rings. The van der Waals surface area contributed by atoms with E-state index in [1.165, 1.54) is 18.2 Å². The van der Waals surface area contributed by atoms with E-state index in [1.54, 1.807) is 6.07 Å². The van der Waals surface area contributed by atoms with Crippen molar-refractivity contribution in [1.82, 2.24) is 5.32 Å². The molecule has 40 heavy (non-hydrogen) atoms. The molecule has 0 aromatic heterocycles. The molecule has 224 valence electrons. The number of unbranched alkanes of at least 4 members (excludes halogenated alkanes) is 2. The van der Waals surface area contributed by atoms with Crippen LogP contribution in [0.2, 0.25) is 0 Å². The van der Waals surface area contributed by atoms with Crippen molar-refractivity contribution >= 4 is 8.25 Å². The van der Waals surface area contributed by atoms with E-state index in [1.807, 2.05) is 12.1 Å². The number of aryl methyl sites for hydroxylation is 1. The summed E-state index contributed by atoms with van der Waals surface area (Å²) in [4.78, 5) is 8.63. The molecule has 0 heterocycles. The topological polar surface area (TPSA) is 58.6 Å². The molecule has 1 aliphatic carbocycles. The van der Waals surface area contributed by atoms with Gasteiger partial charge in [0.15, 0.2) is 0 Å². The van der Waals surface area contributed by atoms with Crippen LogP contribution in [-0.2, 0) is 33.4 Å². The van der Waals surface area contributed by atoms with Gasteiger partial charge in [-0.25, -0.2) is 4.39 Å². The Morgan fingerprint density at radius 2 is 1.62 bits per heavy atom. The molecular weight excluding hydrogens is 555 g/mol. The van der Waals surface area contributed by atoms with Crippen LogP contribution in [0.3, 0.4) is 0 Å². The summed E-state index contributed by atoms with van der Waals surface area (Å²) in [5.41, 5.74) is 0.326. The Bertz CT molecular complexity index is 1090. The maximum atomic E-state index is 14.5. The smallest absolute Gasteiger partial charge is 0.326 e. The van der Waals surface area contributed by atoms with Crippen LogP contribution in [0.15, 0.2) is 42.5 Å². The van der Waals surface area contributed by atoms with Crippen molar-refractivity contribution in [3.8, 4) is 0 Å². The van der Waals surface area contributed by atoms with Crippen LogP contribution in [0.25, 0.3) is 0 Å². The third-order valence-corrected chi connectivity index (χ3v) is 8.24. The highest BCUT2D eigenvalue weighted by Gasteiger charge is 2.59. The SMILES string of the molecule is O=[PH](O)OCCCNCc1ccc(CCCCCC2(c3ccc(F)cc3)CCCCC2)c(C(F)(F)C(F)(F)F)c1. The quantitative estimate of drug-likeness (QED) is 0.124. The van der Waals surface area contributed by atoms with Crippen LogP contribution in [-0.4, -0.2) is 24.2 Å². The second-order valence-corrected chi connectivity index (χ2v) is 11.4. The van der Waals surface area contributed by atoms with Gasteiger partial charge < -0.3 is 14.7 Å². The standard InChI is InChI=1S/C29H38F6NO3P/c30-25-13-11-24(12-14-25)27(16-5-2-6-17-27)15-4-1-3-8-23-10-9-22(21-36-18-7-19-39-40(37)38)20-26(23)28(31,32)29(33,34)35/h9-14,20,36,40H,1-8,15-19,21H2,(H,37,38). The average Bonchev–Trinajstić information content (AvgIpc) is 2.91. The molecule has 0 amide bonds. The maximum Gasteiger partial charge on any atom is 0.458 e. The number of alkyl halides is 5. The lowest BCUT2D eigenvalue weighted by atomic mass is 9.66. The Labute approximate surface area is 232 Å². The molecule has 1 aliphatic rings. The zero-order chi connectivity index (χ0) is 29.2. The lowest BCUT2D eigenvalue weighted by molar-refractivity contribution is -0.289. The van der Waals surface area contributed by atoms with Gasteiger partial charge >= 0.3 is 20.4 Å². The van der Waals surface area contributed by atoms with Gasteiger partial charge in [-0.1, -0.05) is 56.4 Å². The monoisotopic (exact) mass is 593 g/mol. The summed E-state index contributed by atoms with van der Waals surface area (Å²) in [5, 5.41) is 2.92. The van der Waals surface area contributed by atoms with E-state index >= 15 is 0 Å². The van der Waals surface area contributed by atoms with Crippen LogP contribution in [0.1, 0.15) is 86.5 Å². The van der Waals surface area contributed by atoms with Crippen LogP contribution in [0.5, 0.6) is 0 Å². The number of rotatable bonds is 15. The Balaban J connectivity index is 1.61. The molecule has 2 N–H and O–H groups in total. The molecule has 2 aromatic carbocycles. The van der Waals surface area contributed by atoms with E-state index < -0.39 is 25.9 Å². The summed E-state index contributed by atoms with van der Waals surface area (Å²) >= 11 is 0. The molecular formula is C29H38F6NO3P. The van der Waals surface area contributed by atoms with Gasteiger partial charge in [0, 0.05) is 12.1 Å². The molecule has 3 rings (SSSR count). The fourth-order valence-corrected chi connectivity index (χ4v) is 5.98. The molecule has 11 heteroatoms. The normalized spacial score (nSPS) is 16.7. The zero-order valence-corrected chi connectivity index (χ0v) is 23.5. The molecule has 0 aliphatic heterocycles. The van der Waals surface area contributed by atoms with E-state index in [0.717, 1.165) is 56.6 Å². The summed E-state index contributed by atoms with van der Waals surface area (Å²) in [6.45, 7) is 0.435. The number of nitrogens with one attached hydrogen (secondary N) is 1. The van der Waals surface area contributed by atoms with Crippen molar-refractivity contribution in [1.29, 1.82) is 0 Å². The Hall–Kier alpha value is -1.87. The van der Waals surface area contributed by atoms with Gasteiger partial charge in [0.25, 0.3) is 0 Å². The lowest BCUT2D eigenvalue weighted by Gasteiger charge is -2.38. The molecule has 1 saturated carbocycles. The van der Waals surface area contributed by atoms with Crippen molar-refractivity contribution in [3.05, 3.63) is 70.5 Å². The highest BCUT2D eigenvalue weighted by Crippen LogP contribution is 2.46. The first kappa shape index (κ1) is 32.6. The lowest BCUT2D eigenvalue weighted by Crippen LogP contribution is -2.35. The molecule has 0 spiro atoms. The number of halogens is 6. The number of hydrogen-bond donors (Lipinski definition) is 2. The van der Waals surface area contributed by atoms with E-state index in [-0.39, 0.29) is 41.9 Å². The van der Waals surface area contributed by atoms with E-state index in [4.69, 9.17) is 4.89 Å². The highest BCUT2D eigenvalue weighted by molar-refractivity contribution is 7.32. The van der Waals surface area contributed by atoms with Gasteiger partial charge in [0.2, 0.25) is 0 Å². The van der Waals surface area contributed by atoms with Crippen LogP contribution < -0.4 is 5.32 Å². The molecule has 4 nitrogen and oxygen atoms in total. The highest BCUT2D eigenvalue weighted by atomic mass is 31.1. The minimum atomic E-state index is -5.71. The first-order valence-electron chi connectivity index (χ1n) is 13.8. The Morgan fingerprint density at radius 1 is 0.925 bits per heavy atom. The Kier molecular flexibility index (Phi) is 12.1. The van der Waals surface area contributed by atoms with E-state index in [9.17, 15) is 30.9 Å². The van der Waals surface area contributed by atoms with Gasteiger partial charge in [0.05, 0.1) is 6.61 Å². The first-order valence-corrected chi connectivity index (χ1v) is 15.1. The van der Waals surface area contributed by atoms with Crippen molar-refractivity contribution in [3.63, 3.8) is 0 Å². The summed E-state index contributed by atoms with van der Waals surface area (Å²) in [6, 6.07) is 10.5. The van der Waals surface area contributed by atoms with Crippen LogP contribution in [0, 0.1) is 5.82 Å². The fourth-order valence-electron chi connectivity index (χ4n) is 5.66. The van der Waals surface area contributed by atoms with E-state index in [0.29, 0.717) is 25.8 Å². The summed E-state index contributed by atoms with van der Waals surface area (Å²) in [7, 11) is -3.03. The molecule has 1 atom stereocenters. The Morgan fingerprint density at radius 3 is 2.27 bits per heavy atom. The second-order valence-electron chi connectivity index (χ2n) is 10.6. The predicted octanol–water partition coefficient (Wildman–Crippen LogP) is 8.36. The van der Waals surface area contributed by atoms with Crippen LogP contribution >= 0.6 is 8.25 Å².